The van der Waals surface area contributed by atoms with Crippen LogP contribution in [-0.4, -0.2) is 11.1 Å². The van der Waals surface area contributed by atoms with Gasteiger partial charge in [0.2, 0.25) is 5.91 Å². The lowest BCUT2D eigenvalue weighted by atomic mass is 10.1. The molecule has 0 unspecified atom stereocenters. The first-order chi connectivity index (χ1) is 10.6. The summed E-state index contributed by atoms with van der Waals surface area (Å²) in [5.41, 5.74) is 3.68. The van der Waals surface area contributed by atoms with E-state index in [0.717, 1.165) is 16.1 Å². The van der Waals surface area contributed by atoms with Gasteiger partial charge in [-0.25, -0.2) is 0 Å². The van der Waals surface area contributed by atoms with E-state index in [2.05, 4.69) is 10.5 Å². The standard InChI is InChI=1S/C17H16N2O2S/c1-11-5-6-14(12(2)8-11)18-17(20)10-13-9-15(21-19-13)16-4-3-7-22-16/h3-9H,10H2,1-2H3,(H,18,20). The van der Waals surface area contributed by atoms with Crippen molar-refractivity contribution in [2.75, 3.05) is 5.32 Å². The van der Waals surface area contributed by atoms with Gasteiger partial charge in [0.05, 0.1) is 17.0 Å². The van der Waals surface area contributed by atoms with E-state index < -0.39 is 0 Å². The van der Waals surface area contributed by atoms with Crippen molar-refractivity contribution in [1.82, 2.24) is 5.16 Å². The Hall–Kier alpha value is -2.40. The molecule has 2 aromatic heterocycles. The number of aryl methyl sites for hydroxylation is 2. The minimum absolute atomic E-state index is 0.0991. The molecule has 2 heterocycles. The van der Waals surface area contributed by atoms with E-state index in [4.69, 9.17) is 4.52 Å². The first kappa shape index (κ1) is 14.5. The van der Waals surface area contributed by atoms with Crippen LogP contribution in [0.3, 0.4) is 0 Å². The predicted octanol–water partition coefficient (Wildman–Crippen LogP) is 4.20. The summed E-state index contributed by atoms with van der Waals surface area (Å²) in [6.07, 6.45) is 0.197. The van der Waals surface area contributed by atoms with Crippen LogP contribution in [0, 0.1) is 13.8 Å². The molecule has 0 bridgehead atoms. The molecule has 0 saturated carbocycles. The van der Waals surface area contributed by atoms with Gasteiger partial charge in [0.25, 0.3) is 0 Å². The Labute approximate surface area is 132 Å². The average molecular weight is 312 g/mol. The van der Waals surface area contributed by atoms with Gasteiger partial charge in [0.1, 0.15) is 0 Å². The first-order valence-electron chi connectivity index (χ1n) is 6.98. The van der Waals surface area contributed by atoms with Crippen LogP contribution >= 0.6 is 11.3 Å². The van der Waals surface area contributed by atoms with Crippen molar-refractivity contribution in [3.63, 3.8) is 0 Å². The van der Waals surface area contributed by atoms with Crippen molar-refractivity contribution in [1.29, 1.82) is 0 Å². The molecular weight excluding hydrogens is 296 g/mol. The smallest absolute Gasteiger partial charge is 0.230 e. The Morgan fingerprint density at radius 3 is 2.86 bits per heavy atom. The number of anilines is 1. The van der Waals surface area contributed by atoms with Gasteiger partial charge in [-0.2, -0.15) is 0 Å². The van der Waals surface area contributed by atoms with E-state index in [-0.39, 0.29) is 12.3 Å². The number of carbonyl (C=O) groups excluding carboxylic acids is 1. The molecule has 22 heavy (non-hydrogen) atoms. The lowest BCUT2D eigenvalue weighted by Gasteiger charge is -2.08. The molecule has 1 aromatic carbocycles. The first-order valence-corrected chi connectivity index (χ1v) is 7.86. The molecule has 5 heteroatoms. The fraction of sp³-hybridized carbons (Fsp3) is 0.176. The fourth-order valence-electron chi connectivity index (χ4n) is 2.24. The topological polar surface area (TPSA) is 55.1 Å². The zero-order chi connectivity index (χ0) is 15.5. The molecule has 0 fully saturated rings. The number of rotatable bonds is 4. The minimum Gasteiger partial charge on any atom is -0.355 e. The maximum atomic E-state index is 12.1. The number of hydrogen-bond donors (Lipinski definition) is 1. The fourth-order valence-corrected chi connectivity index (χ4v) is 2.92. The Morgan fingerprint density at radius 1 is 1.27 bits per heavy atom. The van der Waals surface area contributed by atoms with Crippen molar-refractivity contribution in [2.24, 2.45) is 0 Å². The molecule has 0 saturated heterocycles. The maximum Gasteiger partial charge on any atom is 0.230 e. The van der Waals surface area contributed by atoms with Crippen LogP contribution in [0.2, 0.25) is 0 Å². The van der Waals surface area contributed by atoms with Crippen LogP contribution in [0.5, 0.6) is 0 Å². The van der Waals surface area contributed by atoms with Gasteiger partial charge >= 0.3 is 0 Å². The second kappa shape index (κ2) is 6.15. The second-order valence-corrected chi connectivity index (χ2v) is 6.15. The third-order valence-electron chi connectivity index (χ3n) is 3.32. The third kappa shape index (κ3) is 3.26. The van der Waals surface area contributed by atoms with Gasteiger partial charge in [0, 0.05) is 11.8 Å². The lowest BCUT2D eigenvalue weighted by molar-refractivity contribution is -0.115. The van der Waals surface area contributed by atoms with Gasteiger partial charge in [-0.3, -0.25) is 4.79 Å². The maximum absolute atomic E-state index is 12.1. The summed E-state index contributed by atoms with van der Waals surface area (Å²) in [6.45, 7) is 4.01. The summed E-state index contributed by atoms with van der Waals surface area (Å²) < 4.78 is 5.28. The summed E-state index contributed by atoms with van der Waals surface area (Å²) in [4.78, 5) is 13.1. The number of carbonyl (C=O) groups is 1. The van der Waals surface area contributed by atoms with Crippen molar-refractivity contribution in [2.45, 2.75) is 20.3 Å². The van der Waals surface area contributed by atoms with Crippen molar-refractivity contribution in [3.8, 4) is 10.6 Å². The van der Waals surface area contributed by atoms with Crippen LogP contribution in [0.15, 0.2) is 46.3 Å². The van der Waals surface area contributed by atoms with E-state index in [1.54, 1.807) is 11.3 Å². The molecule has 112 valence electrons. The van der Waals surface area contributed by atoms with Crippen LogP contribution in [0.4, 0.5) is 5.69 Å². The highest BCUT2D eigenvalue weighted by molar-refractivity contribution is 7.13. The SMILES string of the molecule is Cc1ccc(NC(=O)Cc2cc(-c3cccs3)on2)c(C)c1. The number of hydrogen-bond acceptors (Lipinski definition) is 4. The molecule has 0 radical (unpaired) electrons. The molecule has 0 aliphatic heterocycles. The highest BCUT2D eigenvalue weighted by Crippen LogP contribution is 2.25. The highest BCUT2D eigenvalue weighted by Gasteiger charge is 2.12. The second-order valence-electron chi connectivity index (χ2n) is 5.20. The summed E-state index contributed by atoms with van der Waals surface area (Å²) >= 11 is 1.58. The summed E-state index contributed by atoms with van der Waals surface area (Å²) in [6, 6.07) is 11.7. The molecule has 0 spiro atoms. The number of aromatic nitrogens is 1. The quantitative estimate of drug-likeness (QED) is 0.785. The van der Waals surface area contributed by atoms with E-state index in [0.29, 0.717) is 11.5 Å². The van der Waals surface area contributed by atoms with Crippen LogP contribution < -0.4 is 5.32 Å². The zero-order valence-corrected chi connectivity index (χ0v) is 13.2. The van der Waals surface area contributed by atoms with Crippen LogP contribution in [-0.2, 0) is 11.2 Å². The Kier molecular flexibility index (Phi) is 4.06. The molecule has 1 amide bonds. The van der Waals surface area contributed by atoms with Crippen LogP contribution in [0.1, 0.15) is 16.8 Å². The number of thiophene rings is 1. The average Bonchev–Trinajstić information content (AvgIpc) is 3.12. The molecule has 3 aromatic rings. The van der Waals surface area contributed by atoms with Gasteiger partial charge in [-0.05, 0) is 36.9 Å². The van der Waals surface area contributed by atoms with Crippen molar-refractivity contribution in [3.05, 3.63) is 58.6 Å². The largest absolute Gasteiger partial charge is 0.355 e. The van der Waals surface area contributed by atoms with Gasteiger partial charge in [-0.15, -0.1) is 11.3 Å². The summed E-state index contributed by atoms with van der Waals surface area (Å²) in [5.74, 6) is 0.599. The minimum atomic E-state index is -0.0991. The molecular formula is C17H16N2O2S. The van der Waals surface area contributed by atoms with E-state index in [9.17, 15) is 4.79 Å². The Balaban J connectivity index is 1.67. The van der Waals surface area contributed by atoms with Gasteiger partial charge in [0.15, 0.2) is 5.76 Å². The number of nitrogens with zero attached hydrogens (tertiary/aromatic N) is 1. The molecule has 3 rings (SSSR count). The van der Waals surface area contributed by atoms with Gasteiger partial charge < -0.3 is 9.84 Å². The van der Waals surface area contributed by atoms with Crippen molar-refractivity contribution < 1.29 is 9.32 Å². The third-order valence-corrected chi connectivity index (χ3v) is 4.21. The van der Waals surface area contributed by atoms with Crippen molar-refractivity contribution >= 4 is 22.9 Å². The molecule has 0 atom stereocenters. The number of nitrogens with one attached hydrogen (secondary N) is 1. The zero-order valence-electron chi connectivity index (χ0n) is 12.4. The monoisotopic (exact) mass is 312 g/mol. The van der Waals surface area contributed by atoms with E-state index in [1.165, 1.54) is 5.56 Å². The van der Waals surface area contributed by atoms with Crippen LogP contribution in [0.25, 0.3) is 10.6 Å². The molecule has 0 aliphatic rings. The predicted molar refractivity (Wildman–Crippen MR) is 88.1 cm³/mol. The molecule has 4 nitrogen and oxygen atoms in total. The lowest BCUT2D eigenvalue weighted by Crippen LogP contribution is -2.15. The number of amides is 1. The van der Waals surface area contributed by atoms with E-state index >= 15 is 0 Å². The highest BCUT2D eigenvalue weighted by atomic mass is 32.1. The Morgan fingerprint density at radius 2 is 2.14 bits per heavy atom. The normalized spacial score (nSPS) is 10.6. The summed E-state index contributed by atoms with van der Waals surface area (Å²) in [7, 11) is 0. The number of benzene rings is 1. The van der Waals surface area contributed by atoms with E-state index in [1.807, 2.05) is 55.6 Å². The Bertz CT molecular complexity index is 791. The molecule has 1 N–H and O–H groups in total. The summed E-state index contributed by atoms with van der Waals surface area (Å²) in [5, 5.41) is 8.85. The molecule has 0 aliphatic carbocycles. The van der Waals surface area contributed by atoms with Gasteiger partial charge in [-0.1, -0.05) is 28.9 Å².